The summed E-state index contributed by atoms with van der Waals surface area (Å²) in [6.45, 7) is 3.69. The number of ether oxygens (including phenoxy) is 1. The Morgan fingerprint density at radius 1 is 1.62 bits per heavy atom. The lowest BCUT2D eigenvalue weighted by molar-refractivity contribution is -0.133. The van der Waals surface area contributed by atoms with Gasteiger partial charge in [-0.1, -0.05) is 18.2 Å². The van der Waals surface area contributed by atoms with Crippen molar-refractivity contribution in [1.29, 1.82) is 0 Å². The van der Waals surface area contributed by atoms with E-state index in [9.17, 15) is 4.79 Å². The topological polar surface area (TPSA) is 55.0 Å². The Bertz CT molecular complexity index is 574. The molecule has 0 amide bonds. The summed E-state index contributed by atoms with van der Waals surface area (Å²) < 4.78 is 4.61. The number of methoxy groups -OCH3 is 1. The van der Waals surface area contributed by atoms with E-state index in [2.05, 4.69) is 21.3 Å². The molecule has 0 aliphatic rings. The third-order valence-corrected chi connectivity index (χ3v) is 2.60. The maximum atomic E-state index is 11.4. The molecule has 0 aliphatic carbocycles. The Balaban J connectivity index is 2.59. The standard InChI is InChI=1S/C11H9ClN2O2/c1-6(11(15)16-2)8-5-14-9-7(8)3-4-13-10(9)12/h3-5,14H,1H2,2H3. The number of rotatable bonds is 2. The summed E-state index contributed by atoms with van der Waals surface area (Å²) in [6, 6.07) is 1.77. The summed E-state index contributed by atoms with van der Waals surface area (Å²) in [5, 5.41) is 1.16. The van der Waals surface area contributed by atoms with Crippen LogP contribution in [0.1, 0.15) is 5.56 Å². The molecule has 2 aromatic rings. The molecule has 0 atom stereocenters. The highest BCUT2D eigenvalue weighted by Gasteiger charge is 2.15. The molecule has 0 saturated heterocycles. The van der Waals surface area contributed by atoms with Crippen molar-refractivity contribution in [1.82, 2.24) is 9.97 Å². The van der Waals surface area contributed by atoms with E-state index in [1.807, 2.05) is 0 Å². The molecule has 0 fully saturated rings. The van der Waals surface area contributed by atoms with Crippen molar-refractivity contribution in [2.75, 3.05) is 7.11 Å². The smallest absolute Gasteiger partial charge is 0.337 e. The quantitative estimate of drug-likeness (QED) is 0.495. The number of H-pyrrole nitrogens is 1. The van der Waals surface area contributed by atoms with Crippen LogP contribution in [0, 0.1) is 0 Å². The summed E-state index contributed by atoms with van der Waals surface area (Å²) in [4.78, 5) is 18.2. The van der Waals surface area contributed by atoms with Gasteiger partial charge in [0.1, 0.15) is 0 Å². The predicted molar refractivity (Wildman–Crippen MR) is 62.2 cm³/mol. The van der Waals surface area contributed by atoms with Crippen LogP contribution in [0.3, 0.4) is 0 Å². The van der Waals surface area contributed by atoms with Crippen LogP contribution in [-0.4, -0.2) is 23.0 Å². The number of hydrogen-bond donors (Lipinski definition) is 1. The van der Waals surface area contributed by atoms with Crippen LogP contribution >= 0.6 is 11.6 Å². The number of aromatic amines is 1. The Morgan fingerprint density at radius 2 is 2.38 bits per heavy atom. The van der Waals surface area contributed by atoms with Crippen LogP contribution in [-0.2, 0) is 9.53 Å². The van der Waals surface area contributed by atoms with Gasteiger partial charge in [-0.25, -0.2) is 9.78 Å². The summed E-state index contributed by atoms with van der Waals surface area (Å²) in [5.74, 6) is -0.464. The molecule has 2 aromatic heterocycles. The number of nitrogens with one attached hydrogen (secondary N) is 1. The van der Waals surface area contributed by atoms with Gasteiger partial charge in [-0.15, -0.1) is 0 Å². The molecule has 4 nitrogen and oxygen atoms in total. The molecular formula is C11H9ClN2O2. The molecule has 16 heavy (non-hydrogen) atoms. The minimum absolute atomic E-state index is 0.288. The van der Waals surface area contributed by atoms with Crippen molar-refractivity contribution < 1.29 is 9.53 Å². The zero-order valence-corrected chi connectivity index (χ0v) is 9.34. The number of nitrogens with zero attached hydrogens (tertiary/aromatic N) is 1. The van der Waals surface area contributed by atoms with E-state index in [0.29, 0.717) is 16.2 Å². The zero-order valence-electron chi connectivity index (χ0n) is 8.58. The number of fused-ring (bicyclic) bond motifs is 1. The normalized spacial score (nSPS) is 10.4. The Kier molecular flexibility index (Phi) is 2.66. The maximum Gasteiger partial charge on any atom is 0.337 e. The third-order valence-electron chi connectivity index (χ3n) is 2.31. The van der Waals surface area contributed by atoms with E-state index in [1.54, 1.807) is 18.5 Å². The second-order valence-corrected chi connectivity index (χ2v) is 3.55. The molecular weight excluding hydrogens is 228 g/mol. The molecule has 82 valence electrons. The average molecular weight is 237 g/mol. The van der Waals surface area contributed by atoms with Crippen molar-refractivity contribution in [2.24, 2.45) is 0 Å². The number of carbonyl (C=O) groups is 1. The highest BCUT2D eigenvalue weighted by Crippen LogP contribution is 2.27. The first kappa shape index (κ1) is 10.7. The number of halogens is 1. The van der Waals surface area contributed by atoms with Crippen LogP contribution < -0.4 is 0 Å². The molecule has 0 spiro atoms. The Morgan fingerprint density at radius 3 is 3.06 bits per heavy atom. The minimum Gasteiger partial charge on any atom is -0.465 e. The van der Waals surface area contributed by atoms with E-state index in [4.69, 9.17) is 11.6 Å². The van der Waals surface area contributed by atoms with Crippen LogP contribution in [0.2, 0.25) is 5.15 Å². The Hall–Kier alpha value is -1.81. The first-order valence-corrected chi connectivity index (χ1v) is 4.92. The first-order valence-electron chi connectivity index (χ1n) is 4.54. The molecule has 1 N–H and O–H groups in total. The fourth-order valence-corrected chi connectivity index (χ4v) is 1.72. The molecule has 2 rings (SSSR count). The molecule has 0 saturated carbocycles. The molecule has 0 unspecified atom stereocenters. The number of aromatic nitrogens is 2. The van der Waals surface area contributed by atoms with Gasteiger partial charge in [0.2, 0.25) is 0 Å². The minimum atomic E-state index is -0.464. The summed E-state index contributed by atoms with van der Waals surface area (Å²) in [6.07, 6.45) is 3.24. The lowest BCUT2D eigenvalue weighted by Gasteiger charge is -2.01. The highest BCUT2D eigenvalue weighted by molar-refractivity contribution is 6.34. The molecule has 0 aromatic carbocycles. The van der Waals surface area contributed by atoms with Gasteiger partial charge in [-0.05, 0) is 6.07 Å². The van der Waals surface area contributed by atoms with Gasteiger partial charge in [0.05, 0.1) is 18.2 Å². The maximum absolute atomic E-state index is 11.4. The van der Waals surface area contributed by atoms with Gasteiger partial charge in [-0.3, -0.25) is 0 Å². The van der Waals surface area contributed by atoms with Crippen LogP contribution in [0.4, 0.5) is 0 Å². The number of esters is 1. The average Bonchev–Trinajstić information content (AvgIpc) is 2.72. The summed E-state index contributed by atoms with van der Waals surface area (Å²) >= 11 is 5.90. The van der Waals surface area contributed by atoms with Crippen LogP contribution in [0.5, 0.6) is 0 Å². The number of carbonyl (C=O) groups excluding carboxylic acids is 1. The number of hydrogen-bond acceptors (Lipinski definition) is 3. The van der Waals surface area contributed by atoms with E-state index in [1.165, 1.54) is 7.11 Å². The highest BCUT2D eigenvalue weighted by atomic mass is 35.5. The van der Waals surface area contributed by atoms with Crippen LogP contribution in [0.15, 0.2) is 25.0 Å². The van der Waals surface area contributed by atoms with Crippen molar-refractivity contribution in [3.63, 3.8) is 0 Å². The predicted octanol–water partition coefficient (Wildman–Crippen LogP) is 2.40. The van der Waals surface area contributed by atoms with E-state index < -0.39 is 5.97 Å². The van der Waals surface area contributed by atoms with Gasteiger partial charge >= 0.3 is 5.97 Å². The largest absolute Gasteiger partial charge is 0.465 e. The van der Waals surface area contributed by atoms with E-state index in [0.717, 1.165) is 5.39 Å². The van der Waals surface area contributed by atoms with Gasteiger partial charge < -0.3 is 9.72 Å². The zero-order chi connectivity index (χ0) is 11.7. The number of pyridine rings is 1. The van der Waals surface area contributed by atoms with Crippen molar-refractivity contribution in [3.05, 3.63) is 35.8 Å². The molecule has 2 heterocycles. The SMILES string of the molecule is C=C(C(=O)OC)c1c[nH]c2c(Cl)nccc12. The first-order chi connectivity index (χ1) is 7.65. The molecule has 0 radical (unpaired) electrons. The van der Waals surface area contributed by atoms with Gasteiger partial charge in [0.15, 0.2) is 5.15 Å². The van der Waals surface area contributed by atoms with Crippen molar-refractivity contribution in [2.45, 2.75) is 0 Å². The second kappa shape index (κ2) is 3.98. The molecule has 0 bridgehead atoms. The second-order valence-electron chi connectivity index (χ2n) is 3.20. The Labute approximate surface area is 96.9 Å². The monoisotopic (exact) mass is 236 g/mol. The summed E-state index contributed by atoms with van der Waals surface area (Å²) in [7, 11) is 1.32. The van der Waals surface area contributed by atoms with Gasteiger partial charge in [0, 0.05) is 23.3 Å². The van der Waals surface area contributed by atoms with Crippen molar-refractivity contribution >= 4 is 34.0 Å². The van der Waals surface area contributed by atoms with E-state index in [-0.39, 0.29) is 5.57 Å². The van der Waals surface area contributed by atoms with Gasteiger partial charge in [0.25, 0.3) is 0 Å². The fourth-order valence-electron chi connectivity index (χ4n) is 1.50. The summed E-state index contributed by atoms with van der Waals surface area (Å²) in [5.41, 5.74) is 1.64. The van der Waals surface area contributed by atoms with Crippen LogP contribution in [0.25, 0.3) is 16.5 Å². The molecule has 0 aliphatic heterocycles. The lowest BCUT2D eigenvalue weighted by Crippen LogP contribution is -2.01. The van der Waals surface area contributed by atoms with Gasteiger partial charge in [-0.2, -0.15) is 0 Å². The van der Waals surface area contributed by atoms with E-state index >= 15 is 0 Å². The fraction of sp³-hybridized carbons (Fsp3) is 0.0909. The van der Waals surface area contributed by atoms with Crippen molar-refractivity contribution in [3.8, 4) is 0 Å². The lowest BCUT2D eigenvalue weighted by atomic mass is 10.1. The third kappa shape index (κ3) is 1.57. The molecule has 5 heteroatoms.